The number of carbonyl (C=O) groups excluding carboxylic acids is 3. The summed E-state index contributed by atoms with van der Waals surface area (Å²) in [5.74, 6) is -1.88. The molecule has 0 amide bonds. The van der Waals surface area contributed by atoms with Crippen molar-refractivity contribution >= 4 is 23.2 Å². The van der Waals surface area contributed by atoms with Crippen LogP contribution in [-0.4, -0.2) is 36.7 Å². The topological polar surface area (TPSA) is 122 Å². The predicted molar refractivity (Wildman–Crippen MR) is 91.7 cm³/mol. The molecule has 142 valence electrons. The molecule has 0 unspecified atom stereocenters. The summed E-state index contributed by atoms with van der Waals surface area (Å²) < 4.78 is 15.0. The number of ketones is 2. The van der Waals surface area contributed by atoms with E-state index in [1.54, 1.807) is 0 Å². The van der Waals surface area contributed by atoms with Crippen LogP contribution < -0.4 is 4.74 Å². The lowest BCUT2D eigenvalue weighted by atomic mass is 9.90. The average molecular weight is 375 g/mol. The van der Waals surface area contributed by atoms with E-state index < -0.39 is 22.5 Å². The Morgan fingerprint density at radius 3 is 2.11 bits per heavy atom. The first-order chi connectivity index (χ1) is 12.8. The van der Waals surface area contributed by atoms with Crippen LogP contribution in [0.4, 0.5) is 5.69 Å². The Hall–Kier alpha value is -3.49. The molecule has 0 radical (unpaired) electrons. The van der Waals surface area contributed by atoms with Crippen LogP contribution in [0.2, 0.25) is 0 Å². The second-order valence-electron chi connectivity index (χ2n) is 5.55. The Kier molecular flexibility index (Phi) is 6.07. The molecule has 0 atom stereocenters. The molecule has 0 fully saturated rings. The fourth-order valence-electron chi connectivity index (χ4n) is 2.54. The lowest BCUT2D eigenvalue weighted by Gasteiger charge is -2.20. The lowest BCUT2D eigenvalue weighted by Crippen LogP contribution is -2.25. The Balaban J connectivity index is 2.06. The van der Waals surface area contributed by atoms with Gasteiger partial charge in [0.2, 0.25) is 23.1 Å². The van der Waals surface area contributed by atoms with Crippen LogP contribution in [0.1, 0.15) is 19.8 Å². The van der Waals surface area contributed by atoms with Crippen LogP contribution in [-0.2, 0) is 23.9 Å². The van der Waals surface area contributed by atoms with Crippen LogP contribution in [0.25, 0.3) is 0 Å². The van der Waals surface area contributed by atoms with Gasteiger partial charge in [-0.05, 0) is 25.5 Å². The molecular weight excluding hydrogens is 358 g/mol. The van der Waals surface area contributed by atoms with Crippen molar-refractivity contribution in [2.24, 2.45) is 0 Å². The molecule has 9 heteroatoms. The Morgan fingerprint density at radius 1 is 1.04 bits per heavy atom. The number of non-ortho nitro benzene ring substituents is 1. The molecule has 0 spiro atoms. The Labute approximate surface area is 154 Å². The maximum Gasteiger partial charge on any atom is 0.311 e. The normalized spacial score (nSPS) is 14.3. The highest BCUT2D eigenvalue weighted by atomic mass is 16.6. The highest BCUT2D eigenvalue weighted by molar-refractivity contribution is 6.23. The third-order valence-corrected chi connectivity index (χ3v) is 3.95. The summed E-state index contributed by atoms with van der Waals surface area (Å²) in [5, 5.41) is 10.6. The number of ether oxygens (including phenoxy) is 3. The molecule has 0 N–H and O–H groups in total. The van der Waals surface area contributed by atoms with Crippen molar-refractivity contribution in [1.82, 2.24) is 0 Å². The predicted octanol–water partition coefficient (Wildman–Crippen LogP) is 2.25. The summed E-state index contributed by atoms with van der Waals surface area (Å²) >= 11 is 0. The number of nitro benzene ring substituents is 1. The van der Waals surface area contributed by atoms with Gasteiger partial charge >= 0.3 is 5.97 Å². The molecule has 1 aliphatic carbocycles. The molecule has 1 aromatic rings. The molecule has 0 aromatic heterocycles. The fourth-order valence-corrected chi connectivity index (χ4v) is 2.54. The van der Waals surface area contributed by atoms with Gasteiger partial charge in [-0.3, -0.25) is 24.5 Å². The number of carbonyl (C=O) groups is 3. The van der Waals surface area contributed by atoms with Gasteiger partial charge in [0, 0.05) is 23.3 Å². The minimum Gasteiger partial charge on any atom is -0.489 e. The number of rotatable bonds is 7. The summed E-state index contributed by atoms with van der Waals surface area (Å²) in [5.41, 5.74) is 0.203. The quantitative estimate of drug-likeness (QED) is 0.234. The van der Waals surface area contributed by atoms with E-state index in [2.05, 4.69) is 0 Å². The smallest absolute Gasteiger partial charge is 0.311 e. The van der Waals surface area contributed by atoms with E-state index in [0.29, 0.717) is 0 Å². The van der Waals surface area contributed by atoms with Gasteiger partial charge in [-0.1, -0.05) is 0 Å². The monoisotopic (exact) mass is 375 g/mol. The molecular formula is C18H17NO8. The number of hydrogen-bond acceptors (Lipinski definition) is 8. The third kappa shape index (κ3) is 4.20. The average Bonchev–Trinajstić information content (AvgIpc) is 2.64. The van der Waals surface area contributed by atoms with E-state index in [9.17, 15) is 24.5 Å². The SMILES string of the molecule is COC1=C(OC)C(=O)C(CCC(=O)Oc2ccc([N+](=O)[O-])cc2)=C(C)C1=O. The van der Waals surface area contributed by atoms with Crippen molar-refractivity contribution in [2.75, 3.05) is 14.2 Å². The second-order valence-corrected chi connectivity index (χ2v) is 5.55. The summed E-state index contributed by atoms with van der Waals surface area (Å²) in [6.07, 6.45) is -0.186. The second kappa shape index (κ2) is 8.26. The minimum absolute atomic E-state index is 0.0218. The van der Waals surface area contributed by atoms with Crippen molar-refractivity contribution in [3.05, 3.63) is 57.0 Å². The highest BCUT2D eigenvalue weighted by Gasteiger charge is 2.34. The van der Waals surface area contributed by atoms with Crippen LogP contribution in [0.15, 0.2) is 46.9 Å². The number of nitrogens with zero attached hydrogens (tertiary/aromatic N) is 1. The van der Waals surface area contributed by atoms with E-state index in [4.69, 9.17) is 14.2 Å². The van der Waals surface area contributed by atoms with Gasteiger partial charge in [-0.2, -0.15) is 0 Å². The molecule has 1 aromatic carbocycles. The van der Waals surface area contributed by atoms with Crippen molar-refractivity contribution in [3.63, 3.8) is 0 Å². The third-order valence-electron chi connectivity index (χ3n) is 3.95. The van der Waals surface area contributed by atoms with Crippen LogP contribution >= 0.6 is 0 Å². The van der Waals surface area contributed by atoms with Gasteiger partial charge in [0.15, 0.2) is 0 Å². The summed E-state index contributed by atoms with van der Waals surface area (Å²) in [6.45, 7) is 1.47. The number of allylic oxidation sites excluding steroid dienone is 2. The lowest BCUT2D eigenvalue weighted by molar-refractivity contribution is -0.384. The molecule has 0 aliphatic heterocycles. The zero-order chi connectivity index (χ0) is 20.1. The number of hydrogen-bond donors (Lipinski definition) is 0. The van der Waals surface area contributed by atoms with E-state index in [1.165, 1.54) is 45.4 Å². The van der Waals surface area contributed by atoms with E-state index >= 15 is 0 Å². The molecule has 9 nitrogen and oxygen atoms in total. The molecule has 0 heterocycles. The zero-order valence-electron chi connectivity index (χ0n) is 14.9. The highest BCUT2D eigenvalue weighted by Crippen LogP contribution is 2.28. The number of esters is 1. The van der Waals surface area contributed by atoms with Gasteiger partial charge in [-0.15, -0.1) is 0 Å². The molecule has 0 saturated carbocycles. The number of benzene rings is 1. The van der Waals surface area contributed by atoms with Gasteiger partial charge in [0.05, 0.1) is 25.6 Å². The summed E-state index contributed by atoms with van der Waals surface area (Å²) in [4.78, 5) is 46.8. The van der Waals surface area contributed by atoms with Gasteiger partial charge in [0.1, 0.15) is 5.75 Å². The van der Waals surface area contributed by atoms with Crippen molar-refractivity contribution < 1.29 is 33.5 Å². The van der Waals surface area contributed by atoms with Gasteiger partial charge in [-0.25, -0.2) is 0 Å². The maximum absolute atomic E-state index is 12.5. The van der Waals surface area contributed by atoms with Crippen molar-refractivity contribution in [1.29, 1.82) is 0 Å². The Morgan fingerprint density at radius 2 is 1.59 bits per heavy atom. The van der Waals surface area contributed by atoms with Crippen LogP contribution in [0.3, 0.4) is 0 Å². The standard InChI is InChI=1S/C18H17NO8/c1-10-13(16(22)18(26-3)17(25-2)15(10)21)8-9-14(20)27-12-6-4-11(5-7-12)19(23)24/h4-7H,8-9H2,1-3H3. The summed E-state index contributed by atoms with van der Waals surface area (Å²) in [7, 11) is 2.51. The molecule has 0 bridgehead atoms. The maximum atomic E-state index is 12.5. The van der Waals surface area contributed by atoms with E-state index in [0.717, 1.165) is 0 Å². The van der Waals surface area contributed by atoms with E-state index in [-0.39, 0.29) is 46.9 Å². The molecule has 0 saturated heterocycles. The molecule has 27 heavy (non-hydrogen) atoms. The van der Waals surface area contributed by atoms with Crippen LogP contribution in [0.5, 0.6) is 5.75 Å². The van der Waals surface area contributed by atoms with Crippen molar-refractivity contribution in [3.8, 4) is 5.75 Å². The molecule has 1 aliphatic rings. The minimum atomic E-state index is -0.648. The first-order valence-electron chi connectivity index (χ1n) is 7.86. The fraction of sp³-hybridized carbons (Fsp3) is 0.278. The number of Topliss-reactive ketones (excluding diaryl/α,β-unsaturated/α-hetero) is 2. The van der Waals surface area contributed by atoms with Gasteiger partial charge in [0.25, 0.3) is 5.69 Å². The van der Waals surface area contributed by atoms with Gasteiger partial charge < -0.3 is 14.2 Å². The zero-order valence-corrected chi connectivity index (χ0v) is 14.9. The number of nitro groups is 1. The summed E-state index contributed by atoms with van der Waals surface area (Å²) in [6, 6.07) is 5.01. The van der Waals surface area contributed by atoms with E-state index in [1.807, 2.05) is 0 Å². The first kappa shape index (κ1) is 19.8. The largest absolute Gasteiger partial charge is 0.489 e. The number of methoxy groups -OCH3 is 2. The van der Waals surface area contributed by atoms with Crippen LogP contribution in [0, 0.1) is 10.1 Å². The first-order valence-corrected chi connectivity index (χ1v) is 7.86. The Bertz CT molecular complexity index is 864. The molecule has 2 rings (SSSR count). The van der Waals surface area contributed by atoms with Crippen molar-refractivity contribution in [2.45, 2.75) is 19.8 Å².